The molecule has 1 atom stereocenters. The molecule has 1 saturated heterocycles. The number of nitrogens with one attached hydrogen (secondary N) is 1. The first-order valence-electron chi connectivity index (χ1n) is 10.1. The van der Waals surface area contributed by atoms with Crippen molar-refractivity contribution in [2.45, 2.75) is 32.4 Å². The van der Waals surface area contributed by atoms with E-state index in [2.05, 4.69) is 15.5 Å². The molecule has 3 heterocycles. The lowest BCUT2D eigenvalue weighted by molar-refractivity contribution is -0.130. The third-order valence-electron chi connectivity index (χ3n) is 5.61. The first-order valence-corrected chi connectivity index (χ1v) is 10.1. The molecule has 1 fully saturated rings. The summed E-state index contributed by atoms with van der Waals surface area (Å²) in [5.74, 6) is -2.66. The van der Waals surface area contributed by atoms with Gasteiger partial charge in [0.1, 0.15) is 23.3 Å². The van der Waals surface area contributed by atoms with E-state index in [1.54, 1.807) is 0 Å². The van der Waals surface area contributed by atoms with Gasteiger partial charge in [-0.25, -0.2) is 13.2 Å². The van der Waals surface area contributed by atoms with Crippen molar-refractivity contribution in [3.63, 3.8) is 0 Å². The molecule has 11 heteroatoms. The minimum atomic E-state index is -1.08. The van der Waals surface area contributed by atoms with Gasteiger partial charge >= 0.3 is 0 Å². The van der Waals surface area contributed by atoms with E-state index in [9.17, 15) is 22.8 Å². The maximum atomic E-state index is 13.9. The summed E-state index contributed by atoms with van der Waals surface area (Å²) in [5.41, 5.74) is -0.450. The van der Waals surface area contributed by atoms with Gasteiger partial charge in [-0.05, 0) is 6.42 Å². The quantitative estimate of drug-likeness (QED) is 0.753. The average molecular weight is 437 g/mol. The van der Waals surface area contributed by atoms with Crippen LogP contribution in [0.5, 0.6) is 0 Å². The number of aromatic nitrogens is 3. The Morgan fingerprint density at radius 2 is 1.90 bits per heavy atom. The van der Waals surface area contributed by atoms with Gasteiger partial charge in [-0.15, -0.1) is 10.2 Å². The van der Waals surface area contributed by atoms with Gasteiger partial charge in [0.2, 0.25) is 11.8 Å². The SMILES string of the molecule is O=C(NCc1nnc2n1CCN(C(=O)Cc1c(F)cc(F)cc1F)CC2)C1CCOC1. The lowest BCUT2D eigenvalue weighted by Crippen LogP contribution is -2.35. The van der Waals surface area contributed by atoms with E-state index in [0.29, 0.717) is 69.5 Å². The van der Waals surface area contributed by atoms with Crippen molar-refractivity contribution in [1.82, 2.24) is 25.0 Å². The summed E-state index contributed by atoms with van der Waals surface area (Å²) in [5, 5.41) is 11.1. The number of ether oxygens (including phenoxy) is 1. The molecule has 0 radical (unpaired) electrons. The molecule has 1 N–H and O–H groups in total. The van der Waals surface area contributed by atoms with E-state index in [0.717, 1.165) is 0 Å². The maximum Gasteiger partial charge on any atom is 0.227 e. The largest absolute Gasteiger partial charge is 0.381 e. The van der Waals surface area contributed by atoms with Gasteiger partial charge in [-0.1, -0.05) is 0 Å². The van der Waals surface area contributed by atoms with Crippen LogP contribution in [0.2, 0.25) is 0 Å². The molecule has 0 bridgehead atoms. The number of amides is 2. The number of hydrogen-bond donors (Lipinski definition) is 1. The normalized spacial score (nSPS) is 18.5. The second-order valence-electron chi connectivity index (χ2n) is 7.62. The highest BCUT2D eigenvalue weighted by Crippen LogP contribution is 2.18. The summed E-state index contributed by atoms with van der Waals surface area (Å²) < 4.78 is 47.9. The van der Waals surface area contributed by atoms with Gasteiger partial charge in [-0.3, -0.25) is 9.59 Å². The van der Waals surface area contributed by atoms with Crippen molar-refractivity contribution in [1.29, 1.82) is 0 Å². The Kier molecular flexibility index (Phi) is 6.21. The van der Waals surface area contributed by atoms with Crippen LogP contribution in [0.4, 0.5) is 13.2 Å². The third-order valence-corrected chi connectivity index (χ3v) is 5.61. The summed E-state index contributed by atoms with van der Waals surface area (Å²) >= 11 is 0. The van der Waals surface area contributed by atoms with E-state index in [-0.39, 0.29) is 18.4 Å². The van der Waals surface area contributed by atoms with Crippen molar-refractivity contribution in [3.8, 4) is 0 Å². The van der Waals surface area contributed by atoms with Gasteiger partial charge in [0.15, 0.2) is 5.82 Å². The number of fused-ring (bicyclic) bond motifs is 1. The summed E-state index contributed by atoms with van der Waals surface area (Å²) in [4.78, 5) is 26.3. The highest BCUT2D eigenvalue weighted by Gasteiger charge is 2.26. The molecule has 2 amide bonds. The van der Waals surface area contributed by atoms with Crippen LogP contribution in [0.15, 0.2) is 12.1 Å². The van der Waals surface area contributed by atoms with E-state index in [1.807, 2.05) is 4.57 Å². The van der Waals surface area contributed by atoms with Gasteiger partial charge in [0, 0.05) is 50.4 Å². The Balaban J connectivity index is 1.37. The predicted octanol–water partition coefficient (Wildman–Crippen LogP) is 0.975. The Labute approximate surface area is 176 Å². The highest BCUT2D eigenvalue weighted by atomic mass is 19.1. The molecule has 2 aliphatic heterocycles. The maximum absolute atomic E-state index is 13.9. The first kappa shape index (κ1) is 21.3. The van der Waals surface area contributed by atoms with Crippen LogP contribution < -0.4 is 5.32 Å². The number of hydrogen-bond acceptors (Lipinski definition) is 5. The molecule has 2 aromatic rings. The fourth-order valence-corrected chi connectivity index (χ4v) is 3.82. The number of rotatable bonds is 5. The van der Waals surface area contributed by atoms with Crippen LogP contribution in [0.25, 0.3) is 0 Å². The molecule has 31 heavy (non-hydrogen) atoms. The van der Waals surface area contributed by atoms with Crippen molar-refractivity contribution in [2.75, 3.05) is 26.3 Å². The second-order valence-corrected chi connectivity index (χ2v) is 7.62. The van der Waals surface area contributed by atoms with Crippen LogP contribution in [0.1, 0.15) is 23.6 Å². The van der Waals surface area contributed by atoms with Crippen molar-refractivity contribution < 1.29 is 27.5 Å². The Morgan fingerprint density at radius 3 is 2.61 bits per heavy atom. The van der Waals surface area contributed by atoms with Gasteiger partial charge < -0.3 is 19.5 Å². The van der Waals surface area contributed by atoms with Gasteiger partial charge in [0.25, 0.3) is 0 Å². The molecule has 8 nitrogen and oxygen atoms in total. The molecule has 1 aromatic heterocycles. The third kappa shape index (κ3) is 4.71. The Hall–Kier alpha value is -2.95. The molecule has 0 spiro atoms. The zero-order chi connectivity index (χ0) is 22.0. The molecule has 0 aliphatic carbocycles. The molecular weight excluding hydrogens is 415 g/mol. The van der Waals surface area contributed by atoms with Gasteiger partial charge in [-0.2, -0.15) is 0 Å². The Morgan fingerprint density at radius 1 is 1.13 bits per heavy atom. The van der Waals surface area contributed by atoms with E-state index >= 15 is 0 Å². The predicted molar refractivity (Wildman–Crippen MR) is 101 cm³/mol. The number of carbonyl (C=O) groups is 2. The summed E-state index contributed by atoms with van der Waals surface area (Å²) in [6, 6.07) is 1.13. The van der Waals surface area contributed by atoms with Crippen LogP contribution in [-0.2, 0) is 40.3 Å². The molecule has 1 aromatic carbocycles. The molecule has 166 valence electrons. The molecule has 2 aliphatic rings. The topological polar surface area (TPSA) is 89.4 Å². The zero-order valence-corrected chi connectivity index (χ0v) is 16.7. The van der Waals surface area contributed by atoms with Crippen LogP contribution in [0.3, 0.4) is 0 Å². The highest BCUT2D eigenvalue weighted by molar-refractivity contribution is 5.79. The summed E-state index contributed by atoms with van der Waals surface area (Å²) in [7, 11) is 0. The van der Waals surface area contributed by atoms with E-state index in [4.69, 9.17) is 4.74 Å². The first-order chi connectivity index (χ1) is 14.9. The lowest BCUT2D eigenvalue weighted by Gasteiger charge is -2.20. The molecule has 1 unspecified atom stereocenters. The number of nitrogens with zero attached hydrogens (tertiary/aromatic N) is 4. The number of halogens is 3. The molecule has 0 saturated carbocycles. The zero-order valence-electron chi connectivity index (χ0n) is 16.7. The number of carbonyl (C=O) groups excluding carboxylic acids is 2. The summed E-state index contributed by atoms with van der Waals surface area (Å²) in [6.07, 6.45) is 0.610. The fraction of sp³-hybridized carbons (Fsp3) is 0.500. The van der Waals surface area contributed by atoms with Crippen LogP contribution in [-0.4, -0.2) is 57.8 Å². The minimum Gasteiger partial charge on any atom is -0.381 e. The van der Waals surface area contributed by atoms with Gasteiger partial charge in [0.05, 0.1) is 25.5 Å². The van der Waals surface area contributed by atoms with E-state index < -0.39 is 35.3 Å². The average Bonchev–Trinajstić information content (AvgIpc) is 3.35. The van der Waals surface area contributed by atoms with Crippen LogP contribution in [0, 0.1) is 23.4 Å². The Bertz CT molecular complexity index is 967. The molecular formula is C20H22F3N5O3. The minimum absolute atomic E-state index is 0.0939. The number of benzene rings is 1. The lowest BCUT2D eigenvalue weighted by atomic mass is 10.1. The van der Waals surface area contributed by atoms with E-state index in [1.165, 1.54) is 4.90 Å². The van der Waals surface area contributed by atoms with Crippen molar-refractivity contribution >= 4 is 11.8 Å². The van der Waals surface area contributed by atoms with Crippen LogP contribution >= 0.6 is 0 Å². The fourth-order valence-electron chi connectivity index (χ4n) is 3.82. The van der Waals surface area contributed by atoms with Crippen molar-refractivity contribution in [3.05, 3.63) is 46.8 Å². The monoisotopic (exact) mass is 437 g/mol. The molecule has 4 rings (SSSR count). The standard InChI is InChI=1S/C20H22F3N5O3/c21-13-7-15(22)14(16(23)8-13)9-19(29)27-3-1-17-25-26-18(28(17)5-4-27)10-24-20(30)12-2-6-31-11-12/h7-8,12H,1-6,9-11H2,(H,24,30). The summed E-state index contributed by atoms with van der Waals surface area (Å²) in [6.45, 7) is 2.20. The second kappa shape index (κ2) is 9.04. The smallest absolute Gasteiger partial charge is 0.227 e. The van der Waals surface area contributed by atoms with Crippen molar-refractivity contribution in [2.24, 2.45) is 5.92 Å².